The minimum Gasteiger partial charge on any atom is -0.460 e. The maximum atomic E-state index is 11.1. The Morgan fingerprint density at radius 2 is 1.60 bits per heavy atom. The normalized spacial score (nSPS) is 9.55. The monoisotopic (exact) mass is 279 g/mol. The summed E-state index contributed by atoms with van der Waals surface area (Å²) in [4.78, 5) is 22.0. The van der Waals surface area contributed by atoms with Gasteiger partial charge in [-0.3, -0.25) is 15.3 Å². The summed E-state index contributed by atoms with van der Waals surface area (Å²) in [6.45, 7) is 3.92. The molecule has 0 radical (unpaired) electrons. The highest BCUT2D eigenvalue weighted by Crippen LogP contribution is 2.01. The molecule has 0 fully saturated rings. The molecule has 1 aromatic carbocycles. The number of carbonyl (C=O) groups excluding carboxylic acids is 2. The van der Waals surface area contributed by atoms with E-state index in [1.165, 1.54) is 0 Å². The van der Waals surface area contributed by atoms with Crippen molar-refractivity contribution in [1.29, 1.82) is 0 Å². The molecular formula is C15H21NO4. The van der Waals surface area contributed by atoms with Crippen molar-refractivity contribution in [2.24, 2.45) is 5.73 Å². The van der Waals surface area contributed by atoms with E-state index in [-0.39, 0.29) is 13.3 Å². The van der Waals surface area contributed by atoms with E-state index in [2.05, 4.69) is 4.74 Å². The third-order valence-electron chi connectivity index (χ3n) is 2.11. The van der Waals surface area contributed by atoms with E-state index in [1.54, 1.807) is 0 Å². The van der Waals surface area contributed by atoms with Crippen molar-refractivity contribution in [3.8, 4) is 0 Å². The van der Waals surface area contributed by atoms with Gasteiger partial charge in [-0.05, 0) is 19.4 Å². The van der Waals surface area contributed by atoms with E-state index in [1.807, 2.05) is 56.3 Å². The zero-order valence-corrected chi connectivity index (χ0v) is 11.9. The lowest BCUT2D eigenvalue weighted by molar-refractivity contribution is -0.155. The first kappa shape index (κ1) is 17.9. The predicted octanol–water partition coefficient (Wildman–Crippen LogP) is 2.16. The molecule has 0 amide bonds. The number of hydrogen-bond acceptors (Lipinski definition) is 5. The van der Waals surface area contributed by atoms with E-state index in [9.17, 15) is 9.59 Å². The summed E-state index contributed by atoms with van der Waals surface area (Å²) < 4.78 is 9.27. The molecule has 0 bridgehead atoms. The van der Waals surface area contributed by atoms with Crippen LogP contribution in [-0.4, -0.2) is 18.7 Å². The van der Waals surface area contributed by atoms with Crippen molar-refractivity contribution in [3.63, 3.8) is 0 Å². The molecule has 1 rings (SSSR count). The predicted molar refractivity (Wildman–Crippen MR) is 76.5 cm³/mol. The molecule has 0 aliphatic rings. The Balaban J connectivity index is 0.000000796. The summed E-state index contributed by atoms with van der Waals surface area (Å²) in [5.74, 6) is -1.30. The van der Waals surface area contributed by atoms with Gasteiger partial charge in [-0.1, -0.05) is 42.5 Å². The first-order valence-electron chi connectivity index (χ1n) is 6.26. The van der Waals surface area contributed by atoms with Gasteiger partial charge in [0.2, 0.25) is 0 Å². The van der Waals surface area contributed by atoms with E-state index >= 15 is 0 Å². The Bertz CT molecular complexity index is 411. The molecule has 2 N–H and O–H groups in total. The molecule has 110 valence electrons. The molecular weight excluding hydrogens is 258 g/mol. The molecule has 5 nitrogen and oxygen atoms in total. The molecule has 1 aromatic rings. The number of allylic oxidation sites excluding steroid dienone is 2. The number of nitrogens with two attached hydrogens (primary N) is 1. The van der Waals surface area contributed by atoms with Crippen molar-refractivity contribution in [2.45, 2.75) is 26.9 Å². The van der Waals surface area contributed by atoms with Gasteiger partial charge in [0.1, 0.15) is 19.8 Å². The standard InChI is InChI=1S/C11H13NO4.C4H8/c12-8-16-11(14)6-10(13)15-7-9-4-2-1-3-5-9;1-3-4-2/h1-5H,6-8,12H2;3-4H,1-2H3. The molecule has 0 atom stereocenters. The Kier molecular flexibility index (Phi) is 10.6. The van der Waals surface area contributed by atoms with Crippen LogP contribution in [-0.2, 0) is 25.7 Å². The van der Waals surface area contributed by atoms with Gasteiger partial charge >= 0.3 is 11.9 Å². The summed E-state index contributed by atoms with van der Waals surface area (Å²) in [6.07, 6.45) is 3.59. The zero-order chi connectivity index (χ0) is 15.2. The minimum absolute atomic E-state index is 0.148. The summed E-state index contributed by atoms with van der Waals surface area (Å²) in [5, 5.41) is 0. The first-order chi connectivity index (χ1) is 9.63. The molecule has 0 aliphatic heterocycles. The third kappa shape index (κ3) is 9.85. The van der Waals surface area contributed by atoms with E-state index in [0.29, 0.717) is 0 Å². The number of ether oxygens (including phenoxy) is 2. The van der Waals surface area contributed by atoms with Gasteiger partial charge in [0.25, 0.3) is 0 Å². The first-order valence-corrected chi connectivity index (χ1v) is 6.26. The Hall–Kier alpha value is -2.14. The fraction of sp³-hybridized carbons (Fsp3) is 0.333. The number of rotatable bonds is 5. The fourth-order valence-corrected chi connectivity index (χ4v) is 1.05. The van der Waals surface area contributed by atoms with Gasteiger partial charge < -0.3 is 9.47 Å². The number of esters is 2. The lowest BCUT2D eigenvalue weighted by Crippen LogP contribution is -2.17. The molecule has 0 aliphatic carbocycles. The van der Waals surface area contributed by atoms with Crippen LogP contribution in [0.2, 0.25) is 0 Å². The van der Waals surface area contributed by atoms with Crippen LogP contribution in [0, 0.1) is 0 Å². The largest absolute Gasteiger partial charge is 0.460 e. The number of benzene rings is 1. The summed E-state index contributed by atoms with van der Waals surface area (Å²) in [6, 6.07) is 9.19. The van der Waals surface area contributed by atoms with Crippen molar-refractivity contribution in [1.82, 2.24) is 0 Å². The summed E-state index contributed by atoms with van der Waals surface area (Å²) >= 11 is 0. The SMILES string of the molecule is CC=CC.NCOC(=O)CC(=O)OCc1ccccc1. The average molecular weight is 279 g/mol. The molecule has 0 saturated heterocycles. The highest BCUT2D eigenvalue weighted by Gasteiger charge is 2.11. The van der Waals surface area contributed by atoms with Crippen molar-refractivity contribution in [3.05, 3.63) is 48.0 Å². The Labute approximate surface area is 119 Å². The third-order valence-corrected chi connectivity index (χ3v) is 2.11. The zero-order valence-electron chi connectivity index (χ0n) is 11.9. The molecule has 0 unspecified atom stereocenters. The van der Waals surface area contributed by atoms with Gasteiger partial charge in [-0.15, -0.1) is 0 Å². The minimum atomic E-state index is -0.680. The van der Waals surface area contributed by atoms with Crippen LogP contribution in [0.3, 0.4) is 0 Å². The van der Waals surface area contributed by atoms with Crippen LogP contribution in [0.25, 0.3) is 0 Å². The molecule has 0 saturated carbocycles. The van der Waals surface area contributed by atoms with Crippen LogP contribution >= 0.6 is 0 Å². The van der Waals surface area contributed by atoms with Crippen LogP contribution in [0.1, 0.15) is 25.8 Å². The van der Waals surface area contributed by atoms with Crippen molar-refractivity contribution >= 4 is 11.9 Å². The van der Waals surface area contributed by atoms with Gasteiger partial charge in [0, 0.05) is 0 Å². The van der Waals surface area contributed by atoms with Crippen LogP contribution in [0.15, 0.2) is 42.5 Å². The van der Waals surface area contributed by atoms with Gasteiger partial charge in [-0.2, -0.15) is 0 Å². The van der Waals surface area contributed by atoms with Gasteiger partial charge in [-0.25, -0.2) is 0 Å². The highest BCUT2D eigenvalue weighted by atomic mass is 16.6. The average Bonchev–Trinajstić information content (AvgIpc) is 2.46. The van der Waals surface area contributed by atoms with Crippen molar-refractivity contribution in [2.75, 3.05) is 6.73 Å². The second-order valence-electron chi connectivity index (χ2n) is 3.67. The van der Waals surface area contributed by atoms with Crippen LogP contribution in [0.5, 0.6) is 0 Å². The van der Waals surface area contributed by atoms with Crippen LogP contribution < -0.4 is 5.73 Å². The second-order valence-corrected chi connectivity index (χ2v) is 3.67. The molecule has 0 spiro atoms. The Morgan fingerprint density at radius 1 is 1.05 bits per heavy atom. The molecule has 20 heavy (non-hydrogen) atoms. The number of carbonyl (C=O) groups is 2. The van der Waals surface area contributed by atoms with E-state index < -0.39 is 18.4 Å². The maximum absolute atomic E-state index is 11.1. The lowest BCUT2D eigenvalue weighted by atomic mass is 10.2. The summed E-state index contributed by atoms with van der Waals surface area (Å²) in [7, 11) is 0. The molecule has 0 aromatic heterocycles. The Morgan fingerprint density at radius 3 is 2.10 bits per heavy atom. The van der Waals surface area contributed by atoms with Gasteiger partial charge in [0.05, 0.1) is 0 Å². The van der Waals surface area contributed by atoms with Crippen LogP contribution in [0.4, 0.5) is 0 Å². The maximum Gasteiger partial charge on any atom is 0.318 e. The fourth-order valence-electron chi connectivity index (χ4n) is 1.05. The molecule has 0 heterocycles. The smallest absolute Gasteiger partial charge is 0.318 e. The van der Waals surface area contributed by atoms with E-state index in [0.717, 1.165) is 5.56 Å². The number of hydrogen-bond donors (Lipinski definition) is 1. The molecule has 5 heteroatoms. The van der Waals surface area contributed by atoms with Gasteiger partial charge in [0.15, 0.2) is 0 Å². The highest BCUT2D eigenvalue weighted by molar-refractivity contribution is 5.91. The van der Waals surface area contributed by atoms with Crippen molar-refractivity contribution < 1.29 is 19.1 Å². The second kappa shape index (κ2) is 11.9. The van der Waals surface area contributed by atoms with E-state index in [4.69, 9.17) is 10.5 Å². The summed E-state index contributed by atoms with van der Waals surface area (Å²) in [5.41, 5.74) is 5.84. The topological polar surface area (TPSA) is 78.6 Å². The lowest BCUT2D eigenvalue weighted by Gasteiger charge is -2.04. The quantitative estimate of drug-likeness (QED) is 0.387.